The number of thiophene rings is 2. The molecule has 6 rings (SSSR count). The SMILES string of the molecule is O=C(O)c1cc2nccc(C3CC3)c2s1.O=C([O-])c1cc2nccc(Cl)c2s1.OB(O)C1CC1.[Li+]. The van der Waals surface area contributed by atoms with Crippen LogP contribution < -0.4 is 24.0 Å². The van der Waals surface area contributed by atoms with Crippen LogP contribution in [0.25, 0.3) is 20.4 Å². The van der Waals surface area contributed by atoms with Crippen LogP contribution in [0.15, 0.2) is 36.7 Å². The summed E-state index contributed by atoms with van der Waals surface area (Å²) in [5, 5.41) is 36.4. The molecule has 3 N–H and O–H groups in total. The summed E-state index contributed by atoms with van der Waals surface area (Å²) in [6.07, 6.45) is 7.75. The van der Waals surface area contributed by atoms with Crippen molar-refractivity contribution in [1.82, 2.24) is 9.97 Å². The molecule has 0 aliphatic heterocycles. The maximum Gasteiger partial charge on any atom is 1.00 e. The molecule has 0 unspecified atom stereocenters. The first-order valence-corrected chi connectivity index (χ1v) is 12.5. The van der Waals surface area contributed by atoms with E-state index in [9.17, 15) is 14.7 Å². The molecular weight excluding hydrogens is 506 g/mol. The molecule has 2 saturated carbocycles. The third-order valence-corrected chi connectivity index (χ3v) is 8.01. The van der Waals surface area contributed by atoms with Crippen LogP contribution >= 0.6 is 34.3 Å². The van der Waals surface area contributed by atoms with E-state index < -0.39 is 19.1 Å². The van der Waals surface area contributed by atoms with Gasteiger partial charge in [0.2, 0.25) is 0 Å². The Bertz CT molecular complexity index is 1360. The Balaban J connectivity index is 0.000000157. The number of aromatic carboxylic acids is 2. The van der Waals surface area contributed by atoms with Gasteiger partial charge in [0.1, 0.15) is 4.88 Å². The molecule has 0 aromatic carbocycles. The average molecular weight is 525 g/mol. The first kappa shape index (κ1) is 27.6. The van der Waals surface area contributed by atoms with E-state index in [1.165, 1.54) is 42.0 Å². The van der Waals surface area contributed by atoms with Crippen molar-refractivity contribution < 1.29 is 48.7 Å². The predicted molar refractivity (Wildman–Crippen MR) is 131 cm³/mol. The molecule has 2 aliphatic carbocycles. The van der Waals surface area contributed by atoms with Gasteiger partial charge in [0.25, 0.3) is 0 Å². The van der Waals surface area contributed by atoms with Crippen molar-refractivity contribution in [3.63, 3.8) is 0 Å². The molecule has 0 spiro atoms. The van der Waals surface area contributed by atoms with E-state index in [2.05, 4.69) is 9.97 Å². The molecule has 4 aromatic heterocycles. The Labute approximate surface area is 225 Å². The van der Waals surface area contributed by atoms with Gasteiger partial charge in [0.05, 0.1) is 36.3 Å². The summed E-state index contributed by atoms with van der Waals surface area (Å²) in [5.74, 6) is -1.21. The number of nitrogens with zero attached hydrogens (tertiary/aromatic N) is 2. The smallest absolute Gasteiger partial charge is 0.544 e. The number of pyridine rings is 2. The second-order valence-electron chi connectivity index (χ2n) is 7.96. The van der Waals surface area contributed by atoms with E-state index in [1.54, 1.807) is 18.3 Å². The number of rotatable bonds is 4. The molecule has 0 saturated heterocycles. The summed E-state index contributed by atoms with van der Waals surface area (Å²) in [4.78, 5) is 30.1. The summed E-state index contributed by atoms with van der Waals surface area (Å²) in [7, 11) is -1.04. The third kappa shape index (κ3) is 7.05. The van der Waals surface area contributed by atoms with Crippen molar-refractivity contribution >= 4 is 73.8 Å². The Kier molecular flexibility index (Phi) is 9.35. The van der Waals surface area contributed by atoms with Gasteiger partial charge in [-0.2, -0.15) is 0 Å². The van der Waals surface area contributed by atoms with Crippen LogP contribution in [0.5, 0.6) is 0 Å². The van der Waals surface area contributed by atoms with Crippen molar-refractivity contribution in [1.29, 1.82) is 0 Å². The van der Waals surface area contributed by atoms with Crippen molar-refractivity contribution in [3.05, 3.63) is 57.0 Å². The molecule has 4 heterocycles. The van der Waals surface area contributed by atoms with Crippen molar-refractivity contribution in [3.8, 4) is 0 Å². The van der Waals surface area contributed by atoms with Gasteiger partial charge in [-0.05, 0) is 54.4 Å². The van der Waals surface area contributed by atoms with Crippen LogP contribution in [0.3, 0.4) is 0 Å². The van der Waals surface area contributed by atoms with Crippen molar-refractivity contribution in [2.24, 2.45) is 0 Å². The molecule has 2 fully saturated rings. The molecule has 8 nitrogen and oxygen atoms in total. The molecule has 4 aromatic rings. The van der Waals surface area contributed by atoms with E-state index in [1.807, 2.05) is 6.07 Å². The summed E-state index contributed by atoms with van der Waals surface area (Å²) in [6, 6.07) is 6.76. The first-order chi connectivity index (χ1) is 16.2. The predicted octanol–water partition coefficient (Wildman–Crippen LogP) is 0.812. The van der Waals surface area contributed by atoms with Gasteiger partial charge in [-0.15, -0.1) is 22.7 Å². The van der Waals surface area contributed by atoms with Crippen LogP contribution in [-0.4, -0.2) is 44.2 Å². The van der Waals surface area contributed by atoms with Crippen molar-refractivity contribution in [2.45, 2.75) is 37.4 Å². The number of carbonyl (C=O) groups excluding carboxylic acids is 1. The van der Waals surface area contributed by atoms with Crippen LogP contribution in [-0.2, 0) is 0 Å². The standard InChI is InChI=1S/C11H9NO2S.C8H4ClNO2S.C3H7BO2.Li/c13-11(14)9-5-8-10(15-9)7(3-4-12-8)6-1-2-6;9-4-1-2-10-5-3-6(8(11)12)13-7(4)5;5-4(6)3-1-2-3;/h3-6H,1-2H2,(H,13,14);1-3H,(H,11,12);3,5-6H,1-2H2;/q;;;+1/p-1. The molecule has 13 heteroatoms. The monoisotopic (exact) mass is 524 g/mol. The third-order valence-electron chi connectivity index (χ3n) is 5.28. The zero-order valence-corrected chi connectivity index (χ0v) is 21.1. The van der Waals surface area contributed by atoms with E-state index in [0.717, 1.165) is 34.4 Å². The van der Waals surface area contributed by atoms with Crippen molar-refractivity contribution in [2.75, 3.05) is 0 Å². The fourth-order valence-corrected chi connectivity index (χ4v) is 5.35. The maximum absolute atomic E-state index is 10.8. The minimum atomic E-state index is -1.20. The molecule has 35 heavy (non-hydrogen) atoms. The molecule has 176 valence electrons. The summed E-state index contributed by atoms with van der Waals surface area (Å²) < 4.78 is 1.74. The Morgan fingerprint density at radius 2 is 1.54 bits per heavy atom. The topological polar surface area (TPSA) is 144 Å². The van der Waals surface area contributed by atoms with E-state index in [4.69, 9.17) is 26.8 Å². The zero-order valence-electron chi connectivity index (χ0n) is 18.7. The van der Waals surface area contributed by atoms with Crippen LogP contribution in [0.4, 0.5) is 0 Å². The molecule has 0 radical (unpaired) electrons. The molecule has 2 aliphatic rings. The van der Waals surface area contributed by atoms with Gasteiger partial charge in [-0.3, -0.25) is 9.97 Å². The fraction of sp³-hybridized carbons (Fsp3) is 0.273. The number of carbonyl (C=O) groups is 2. The molecule has 0 bridgehead atoms. The van der Waals surface area contributed by atoms with Gasteiger partial charge < -0.3 is 25.1 Å². The first-order valence-electron chi connectivity index (χ1n) is 10.5. The number of fused-ring (bicyclic) bond motifs is 2. The molecule has 0 atom stereocenters. The number of carboxylic acid groups (broad SMARTS) is 2. The molecule has 0 amide bonds. The van der Waals surface area contributed by atoms with Crippen LogP contribution in [0.2, 0.25) is 10.8 Å². The number of hydrogen-bond acceptors (Lipinski definition) is 9. The van der Waals surface area contributed by atoms with Gasteiger partial charge in [-0.25, -0.2) is 4.79 Å². The normalized spacial score (nSPS) is 14.3. The quantitative estimate of drug-likeness (QED) is 0.333. The van der Waals surface area contributed by atoms with E-state index >= 15 is 0 Å². The minimum Gasteiger partial charge on any atom is -0.544 e. The maximum atomic E-state index is 10.8. The fourth-order valence-electron chi connectivity index (χ4n) is 3.18. The second kappa shape index (κ2) is 11.8. The summed E-state index contributed by atoms with van der Waals surface area (Å²) >= 11 is 8.25. The summed E-state index contributed by atoms with van der Waals surface area (Å²) in [6.45, 7) is 0. The van der Waals surface area contributed by atoms with Crippen LogP contribution in [0, 0.1) is 0 Å². The van der Waals surface area contributed by atoms with E-state index in [-0.39, 0.29) is 29.6 Å². The minimum absolute atomic E-state index is 0. The average Bonchev–Trinajstić information content (AvgIpc) is 3.72. The van der Waals surface area contributed by atoms with Gasteiger partial charge in [0, 0.05) is 12.4 Å². The van der Waals surface area contributed by atoms with Gasteiger partial charge >= 0.3 is 31.9 Å². The largest absolute Gasteiger partial charge is 1.00 e. The Hall–Kier alpha value is -1.97. The van der Waals surface area contributed by atoms with Gasteiger partial charge in [0.15, 0.2) is 0 Å². The number of hydrogen-bond donors (Lipinski definition) is 3. The Morgan fingerprint density at radius 1 is 0.971 bits per heavy atom. The number of aromatic nitrogens is 2. The van der Waals surface area contributed by atoms with Gasteiger partial charge in [-0.1, -0.05) is 24.4 Å². The Morgan fingerprint density at radius 3 is 2.03 bits per heavy atom. The molecular formula is C22H19BClLiN2O6S2. The second-order valence-corrected chi connectivity index (χ2v) is 10.5. The summed E-state index contributed by atoms with van der Waals surface area (Å²) in [5.41, 5.74) is 2.69. The van der Waals surface area contributed by atoms with E-state index in [0.29, 0.717) is 26.0 Å². The number of halogens is 1. The number of carboxylic acids is 2. The van der Waals surface area contributed by atoms with Crippen LogP contribution in [0.1, 0.15) is 56.5 Å². The zero-order chi connectivity index (χ0) is 24.4.